The molecular formula is C29H50O6. The number of aliphatic hydroxyl groups is 3. The molecule has 0 aromatic heterocycles. The van der Waals surface area contributed by atoms with E-state index < -0.39 is 18.3 Å². The molecule has 0 radical (unpaired) electrons. The van der Waals surface area contributed by atoms with Crippen molar-refractivity contribution < 1.29 is 29.6 Å². The molecule has 6 nitrogen and oxygen atoms in total. The molecule has 1 heterocycles. The van der Waals surface area contributed by atoms with Crippen molar-refractivity contribution in [3.8, 4) is 0 Å². The van der Waals surface area contributed by atoms with Gasteiger partial charge in [-0.25, -0.2) is 0 Å². The van der Waals surface area contributed by atoms with Crippen molar-refractivity contribution in [1.82, 2.24) is 0 Å². The van der Waals surface area contributed by atoms with Crippen LogP contribution in [0.2, 0.25) is 0 Å². The van der Waals surface area contributed by atoms with E-state index in [1.165, 1.54) is 0 Å². The zero-order chi connectivity index (χ0) is 25.9. The normalized spacial score (nSPS) is 47.1. The van der Waals surface area contributed by atoms with Crippen LogP contribution in [0.25, 0.3) is 0 Å². The zero-order valence-corrected chi connectivity index (χ0v) is 22.9. The van der Waals surface area contributed by atoms with Crippen LogP contribution in [-0.4, -0.2) is 59.4 Å². The van der Waals surface area contributed by atoms with Crippen LogP contribution in [-0.2, 0) is 14.3 Å². The van der Waals surface area contributed by atoms with Gasteiger partial charge in [0.15, 0.2) is 0 Å². The van der Waals surface area contributed by atoms with Crippen LogP contribution in [0.3, 0.4) is 0 Å². The first-order valence-electron chi connectivity index (χ1n) is 14.1. The predicted octanol–water partition coefficient (Wildman–Crippen LogP) is 4.04. The molecule has 3 aliphatic carbocycles. The van der Waals surface area contributed by atoms with E-state index in [-0.39, 0.29) is 46.6 Å². The Balaban J connectivity index is 1.57. The van der Waals surface area contributed by atoms with E-state index in [2.05, 4.69) is 34.6 Å². The molecule has 0 aromatic rings. The Morgan fingerprint density at radius 2 is 1.66 bits per heavy atom. The predicted molar refractivity (Wildman–Crippen MR) is 134 cm³/mol. The molecule has 4 fully saturated rings. The molecule has 3 saturated carbocycles. The first kappa shape index (κ1) is 27.3. The van der Waals surface area contributed by atoms with Gasteiger partial charge < -0.3 is 24.8 Å². The molecule has 1 aliphatic heterocycles. The summed E-state index contributed by atoms with van der Waals surface area (Å²) in [6, 6.07) is 0. The van der Waals surface area contributed by atoms with Crippen LogP contribution in [0, 0.1) is 58.2 Å². The molecule has 0 unspecified atom stereocenters. The maximum absolute atomic E-state index is 13.2. The number of rotatable bonds is 6. The van der Waals surface area contributed by atoms with Crippen LogP contribution in [0.15, 0.2) is 0 Å². The summed E-state index contributed by atoms with van der Waals surface area (Å²) in [6.45, 7) is 13.4. The molecule has 0 bridgehead atoms. The summed E-state index contributed by atoms with van der Waals surface area (Å²) in [4.78, 5) is 13.2. The van der Waals surface area contributed by atoms with Crippen LogP contribution in [0.5, 0.6) is 0 Å². The van der Waals surface area contributed by atoms with Gasteiger partial charge in [0, 0.05) is 7.11 Å². The molecule has 0 aromatic carbocycles. The minimum absolute atomic E-state index is 0.00776. The largest absolute Gasteiger partial charge is 0.465 e. The third-order valence-corrected chi connectivity index (χ3v) is 11.8. The van der Waals surface area contributed by atoms with Gasteiger partial charge in [0.05, 0.1) is 36.9 Å². The van der Waals surface area contributed by atoms with Crippen molar-refractivity contribution in [1.29, 1.82) is 0 Å². The van der Waals surface area contributed by atoms with Crippen LogP contribution in [0.1, 0.15) is 80.1 Å². The highest BCUT2D eigenvalue weighted by molar-refractivity contribution is 5.74. The number of carbonyl (C=O) groups is 1. The summed E-state index contributed by atoms with van der Waals surface area (Å²) in [5.74, 6) is 1.35. The van der Waals surface area contributed by atoms with Gasteiger partial charge in [-0.3, -0.25) is 4.79 Å². The smallest absolute Gasteiger partial charge is 0.309 e. The molecule has 202 valence electrons. The molecule has 3 N–H and O–H groups in total. The quantitative estimate of drug-likeness (QED) is 0.482. The minimum Gasteiger partial charge on any atom is -0.465 e. The Kier molecular flexibility index (Phi) is 7.72. The SMILES string of the molecule is CO[C@H]1C[C@@H]2C(=O)OC[C@@H]3[C@H](CC[C@]4(C)[C@@H]([C@H](C)[C@H](O)[C@H](O)[C@@H](C)C(C)C)CC[C@@H]34)[C@@]2(C)C[C@H]1O. The van der Waals surface area contributed by atoms with Gasteiger partial charge in [-0.2, -0.15) is 0 Å². The van der Waals surface area contributed by atoms with Crippen molar-refractivity contribution in [3.05, 3.63) is 0 Å². The maximum Gasteiger partial charge on any atom is 0.309 e. The number of carbonyl (C=O) groups excluding carboxylic acids is 1. The number of methoxy groups -OCH3 is 1. The van der Waals surface area contributed by atoms with Gasteiger partial charge in [0.2, 0.25) is 0 Å². The topological polar surface area (TPSA) is 96.2 Å². The fourth-order valence-corrected chi connectivity index (χ4v) is 9.19. The third-order valence-electron chi connectivity index (χ3n) is 11.8. The summed E-state index contributed by atoms with van der Waals surface area (Å²) in [6.07, 6.45) is 2.93. The monoisotopic (exact) mass is 494 g/mol. The molecule has 6 heteroatoms. The molecule has 4 rings (SSSR count). The fraction of sp³-hybridized carbons (Fsp3) is 0.966. The lowest BCUT2D eigenvalue weighted by Crippen LogP contribution is -2.55. The van der Waals surface area contributed by atoms with E-state index in [0.29, 0.717) is 43.1 Å². The number of fused-ring (bicyclic) bond motifs is 5. The number of hydrogen-bond acceptors (Lipinski definition) is 6. The minimum atomic E-state index is -0.737. The van der Waals surface area contributed by atoms with Gasteiger partial charge in [-0.15, -0.1) is 0 Å². The Labute approximate surface area is 212 Å². The summed E-state index contributed by atoms with van der Waals surface area (Å²) >= 11 is 0. The van der Waals surface area contributed by atoms with Crippen molar-refractivity contribution in [2.45, 2.75) is 104 Å². The second kappa shape index (κ2) is 9.89. The summed E-state index contributed by atoms with van der Waals surface area (Å²) in [7, 11) is 1.61. The second-order valence-corrected chi connectivity index (χ2v) is 13.5. The van der Waals surface area contributed by atoms with Gasteiger partial charge in [0.1, 0.15) is 0 Å². The van der Waals surface area contributed by atoms with Gasteiger partial charge >= 0.3 is 5.97 Å². The first-order chi connectivity index (χ1) is 16.4. The summed E-state index contributed by atoms with van der Waals surface area (Å²) in [5.41, 5.74) is -0.243. The van der Waals surface area contributed by atoms with Crippen molar-refractivity contribution >= 4 is 5.97 Å². The van der Waals surface area contributed by atoms with Crippen molar-refractivity contribution in [3.63, 3.8) is 0 Å². The summed E-state index contributed by atoms with van der Waals surface area (Å²) < 4.78 is 11.5. The average molecular weight is 495 g/mol. The number of ether oxygens (including phenoxy) is 2. The highest BCUT2D eigenvalue weighted by Crippen LogP contribution is 2.66. The third kappa shape index (κ3) is 4.38. The summed E-state index contributed by atoms with van der Waals surface area (Å²) in [5, 5.41) is 33.0. The Bertz CT molecular complexity index is 770. The molecule has 0 amide bonds. The first-order valence-corrected chi connectivity index (χ1v) is 14.1. The maximum atomic E-state index is 13.2. The number of cyclic esters (lactones) is 1. The van der Waals surface area contributed by atoms with E-state index in [4.69, 9.17) is 9.47 Å². The number of hydrogen-bond donors (Lipinski definition) is 3. The van der Waals surface area contributed by atoms with Gasteiger partial charge in [-0.1, -0.05) is 41.5 Å². The lowest BCUT2D eigenvalue weighted by atomic mass is 9.48. The van der Waals surface area contributed by atoms with E-state index >= 15 is 0 Å². The van der Waals surface area contributed by atoms with Gasteiger partial charge in [0.25, 0.3) is 0 Å². The number of aliphatic hydroxyl groups excluding tert-OH is 3. The van der Waals surface area contributed by atoms with Crippen LogP contribution >= 0.6 is 0 Å². The fourth-order valence-electron chi connectivity index (χ4n) is 9.19. The zero-order valence-electron chi connectivity index (χ0n) is 22.9. The van der Waals surface area contributed by atoms with Crippen LogP contribution in [0.4, 0.5) is 0 Å². The van der Waals surface area contributed by atoms with E-state index in [1.54, 1.807) is 7.11 Å². The average Bonchev–Trinajstić information content (AvgIpc) is 3.12. The van der Waals surface area contributed by atoms with Crippen molar-refractivity contribution in [2.75, 3.05) is 13.7 Å². The van der Waals surface area contributed by atoms with E-state index in [9.17, 15) is 20.1 Å². The lowest BCUT2D eigenvalue weighted by molar-refractivity contribution is -0.164. The standard InChI is InChI=1S/C29H50O6/c1-15(2)16(3)25(31)26(32)17(4)19-8-9-20-18-14-35-27(33)22-12-24(34-7)23(30)13-29(22,6)21(18)10-11-28(19,20)5/h15-26,30-32H,8-14H2,1-7H3/t16-,17-,18-,19+,20-,21-,22+,23+,24-,25+,26-,28+,29+/m0/s1. The molecule has 4 aliphatic rings. The Morgan fingerprint density at radius 3 is 2.29 bits per heavy atom. The Hall–Kier alpha value is -0.690. The molecule has 0 spiro atoms. The van der Waals surface area contributed by atoms with Crippen molar-refractivity contribution in [2.24, 2.45) is 58.2 Å². The number of esters is 1. The molecule has 35 heavy (non-hydrogen) atoms. The molecule has 1 saturated heterocycles. The van der Waals surface area contributed by atoms with Gasteiger partial charge in [-0.05, 0) is 90.8 Å². The molecular weight excluding hydrogens is 444 g/mol. The van der Waals surface area contributed by atoms with E-state index in [1.807, 2.05) is 6.92 Å². The highest BCUT2D eigenvalue weighted by atomic mass is 16.5. The molecule has 13 atom stereocenters. The van der Waals surface area contributed by atoms with E-state index in [0.717, 1.165) is 25.7 Å². The lowest BCUT2D eigenvalue weighted by Gasteiger charge is -2.56. The highest BCUT2D eigenvalue weighted by Gasteiger charge is 2.63. The van der Waals surface area contributed by atoms with Crippen LogP contribution < -0.4 is 0 Å². The second-order valence-electron chi connectivity index (χ2n) is 13.5. The Morgan fingerprint density at radius 1 is 1.00 bits per heavy atom.